The molecule has 2 aromatic rings. The Morgan fingerprint density at radius 3 is 2.91 bits per heavy atom. The number of carbonyl (C=O) groups is 2. The van der Waals surface area contributed by atoms with Crippen molar-refractivity contribution in [3.8, 4) is 0 Å². The van der Waals surface area contributed by atoms with E-state index in [0.29, 0.717) is 6.54 Å². The van der Waals surface area contributed by atoms with Gasteiger partial charge in [-0.05, 0) is 24.6 Å². The highest BCUT2D eigenvalue weighted by atomic mass is 32.1. The number of rotatable bonds is 8. The number of nitrogens with zero attached hydrogens (tertiary/aromatic N) is 1. The first-order chi connectivity index (χ1) is 11.2. The van der Waals surface area contributed by atoms with Crippen LogP contribution in [0.3, 0.4) is 0 Å². The van der Waals surface area contributed by atoms with E-state index in [2.05, 4.69) is 17.2 Å². The highest BCUT2D eigenvalue weighted by Gasteiger charge is 2.05. The van der Waals surface area contributed by atoms with Crippen molar-refractivity contribution in [1.82, 2.24) is 10.3 Å². The lowest BCUT2D eigenvalue weighted by molar-refractivity contribution is -0.143. The minimum absolute atomic E-state index is 0.255. The zero-order valence-corrected chi connectivity index (χ0v) is 13.9. The number of unbranched alkanes of at least 4 members (excludes halogenated alkanes) is 2. The van der Waals surface area contributed by atoms with Crippen molar-refractivity contribution in [2.24, 2.45) is 0 Å². The summed E-state index contributed by atoms with van der Waals surface area (Å²) in [6.07, 6.45) is 6.01. The Kier molecular flexibility index (Phi) is 6.75. The van der Waals surface area contributed by atoms with E-state index in [-0.39, 0.29) is 12.5 Å². The van der Waals surface area contributed by atoms with Crippen LogP contribution in [0.5, 0.6) is 0 Å². The molecule has 0 saturated heterocycles. The van der Waals surface area contributed by atoms with E-state index in [1.165, 1.54) is 17.4 Å². The Bertz CT molecular complexity index is 661. The second-order valence-electron chi connectivity index (χ2n) is 5.02. The van der Waals surface area contributed by atoms with Gasteiger partial charge >= 0.3 is 5.97 Å². The van der Waals surface area contributed by atoms with E-state index >= 15 is 0 Å². The van der Waals surface area contributed by atoms with E-state index < -0.39 is 5.97 Å². The number of hydrogen-bond acceptors (Lipinski definition) is 5. The third kappa shape index (κ3) is 5.83. The van der Waals surface area contributed by atoms with Crippen LogP contribution in [0, 0.1) is 0 Å². The molecule has 5 nitrogen and oxygen atoms in total. The van der Waals surface area contributed by atoms with Gasteiger partial charge in [0, 0.05) is 12.6 Å². The van der Waals surface area contributed by atoms with Crippen molar-refractivity contribution in [2.75, 3.05) is 13.2 Å². The molecule has 0 unspecified atom stereocenters. The lowest BCUT2D eigenvalue weighted by atomic mass is 10.2. The number of fused-ring (bicyclic) bond motifs is 1. The zero-order chi connectivity index (χ0) is 16.5. The van der Waals surface area contributed by atoms with Crippen LogP contribution in [0.1, 0.15) is 31.2 Å². The molecule has 23 heavy (non-hydrogen) atoms. The predicted molar refractivity (Wildman–Crippen MR) is 92.1 cm³/mol. The van der Waals surface area contributed by atoms with Gasteiger partial charge < -0.3 is 10.1 Å². The molecule has 0 aliphatic carbocycles. The molecule has 1 amide bonds. The second-order valence-corrected chi connectivity index (χ2v) is 6.08. The molecule has 1 heterocycles. The van der Waals surface area contributed by atoms with E-state index in [0.717, 1.165) is 34.5 Å². The van der Waals surface area contributed by atoms with Crippen molar-refractivity contribution in [3.05, 3.63) is 35.3 Å². The largest absolute Gasteiger partial charge is 0.452 e. The number of amides is 1. The molecule has 1 N–H and O–H groups in total. The quantitative estimate of drug-likeness (QED) is 0.458. The molecule has 0 fully saturated rings. The first-order valence-corrected chi connectivity index (χ1v) is 8.48. The van der Waals surface area contributed by atoms with Gasteiger partial charge in [0.05, 0.1) is 10.2 Å². The van der Waals surface area contributed by atoms with Crippen molar-refractivity contribution in [1.29, 1.82) is 0 Å². The third-order valence-electron chi connectivity index (χ3n) is 3.12. The maximum Gasteiger partial charge on any atom is 0.331 e. The molecular formula is C17H20N2O3S. The van der Waals surface area contributed by atoms with Gasteiger partial charge in [-0.1, -0.05) is 31.9 Å². The highest BCUT2D eigenvalue weighted by molar-refractivity contribution is 7.19. The standard InChI is InChI=1S/C17H20N2O3S/c1-2-3-6-11-18-15(20)12-22-17(21)10-9-16-19-13-7-4-5-8-14(13)23-16/h4-5,7-10H,2-3,6,11-12H2,1H3,(H,18,20)/b10-9+. The van der Waals surface area contributed by atoms with Crippen LogP contribution in [0.25, 0.3) is 16.3 Å². The van der Waals surface area contributed by atoms with Gasteiger partial charge in [0.2, 0.25) is 0 Å². The number of esters is 1. The topological polar surface area (TPSA) is 68.3 Å². The van der Waals surface area contributed by atoms with Gasteiger partial charge in [0.1, 0.15) is 5.01 Å². The summed E-state index contributed by atoms with van der Waals surface area (Å²) in [7, 11) is 0. The Hall–Kier alpha value is -2.21. The Morgan fingerprint density at radius 2 is 2.13 bits per heavy atom. The van der Waals surface area contributed by atoms with Gasteiger partial charge in [0.15, 0.2) is 6.61 Å². The SMILES string of the molecule is CCCCCNC(=O)COC(=O)/C=C/c1nc2ccccc2s1. The van der Waals surface area contributed by atoms with Crippen molar-refractivity contribution in [3.63, 3.8) is 0 Å². The van der Waals surface area contributed by atoms with E-state index in [1.807, 2.05) is 24.3 Å². The number of ether oxygens (including phenoxy) is 1. The molecule has 0 radical (unpaired) electrons. The first-order valence-electron chi connectivity index (χ1n) is 7.66. The van der Waals surface area contributed by atoms with Gasteiger partial charge in [-0.15, -0.1) is 11.3 Å². The number of carbonyl (C=O) groups excluding carboxylic acids is 2. The van der Waals surface area contributed by atoms with Crippen molar-refractivity contribution in [2.45, 2.75) is 26.2 Å². The summed E-state index contributed by atoms with van der Waals surface area (Å²) in [4.78, 5) is 27.5. The van der Waals surface area contributed by atoms with Crippen LogP contribution in [0.15, 0.2) is 30.3 Å². The average molecular weight is 332 g/mol. The molecule has 0 aliphatic rings. The smallest absolute Gasteiger partial charge is 0.331 e. The minimum Gasteiger partial charge on any atom is -0.452 e. The lowest BCUT2D eigenvalue weighted by Gasteiger charge is -2.04. The first kappa shape index (κ1) is 17.1. The third-order valence-corrected chi connectivity index (χ3v) is 4.12. The molecule has 0 bridgehead atoms. The van der Waals surface area contributed by atoms with Gasteiger partial charge in [-0.3, -0.25) is 4.79 Å². The van der Waals surface area contributed by atoms with E-state index in [9.17, 15) is 9.59 Å². The number of nitrogens with one attached hydrogen (secondary N) is 1. The van der Waals surface area contributed by atoms with Crippen LogP contribution < -0.4 is 5.32 Å². The van der Waals surface area contributed by atoms with E-state index in [4.69, 9.17) is 4.74 Å². The maximum absolute atomic E-state index is 11.6. The Balaban J connectivity index is 1.74. The molecule has 122 valence electrons. The van der Waals surface area contributed by atoms with Crippen LogP contribution in [0.4, 0.5) is 0 Å². The monoisotopic (exact) mass is 332 g/mol. The average Bonchev–Trinajstić information content (AvgIpc) is 2.98. The zero-order valence-electron chi connectivity index (χ0n) is 13.1. The van der Waals surface area contributed by atoms with Crippen LogP contribution in [-0.2, 0) is 14.3 Å². The summed E-state index contributed by atoms with van der Waals surface area (Å²) < 4.78 is 5.96. The number of thiazole rings is 1. The van der Waals surface area contributed by atoms with E-state index in [1.54, 1.807) is 6.08 Å². The summed E-state index contributed by atoms with van der Waals surface area (Å²) >= 11 is 1.49. The predicted octanol–water partition coefficient (Wildman–Crippen LogP) is 3.16. The fourth-order valence-corrected chi connectivity index (χ4v) is 2.81. The summed E-state index contributed by atoms with van der Waals surface area (Å²) in [5.41, 5.74) is 0.900. The van der Waals surface area contributed by atoms with Gasteiger partial charge in [-0.25, -0.2) is 9.78 Å². The minimum atomic E-state index is -0.548. The lowest BCUT2D eigenvalue weighted by Crippen LogP contribution is -2.29. The fourth-order valence-electron chi connectivity index (χ4n) is 1.94. The summed E-state index contributed by atoms with van der Waals surface area (Å²) in [5.74, 6) is -0.823. The molecule has 1 aromatic carbocycles. The molecule has 6 heteroatoms. The molecule has 2 rings (SSSR count). The number of hydrogen-bond donors (Lipinski definition) is 1. The Morgan fingerprint density at radius 1 is 1.30 bits per heavy atom. The maximum atomic E-state index is 11.6. The second kappa shape index (κ2) is 9.05. The fraction of sp³-hybridized carbons (Fsp3) is 0.353. The van der Waals surface area contributed by atoms with Crippen LogP contribution >= 0.6 is 11.3 Å². The van der Waals surface area contributed by atoms with Crippen molar-refractivity contribution >= 4 is 39.5 Å². The normalized spacial score (nSPS) is 11.0. The molecular weight excluding hydrogens is 312 g/mol. The molecule has 0 aliphatic heterocycles. The van der Waals surface area contributed by atoms with Crippen LogP contribution in [-0.4, -0.2) is 30.0 Å². The number of para-hydroxylation sites is 1. The molecule has 0 spiro atoms. The highest BCUT2D eigenvalue weighted by Crippen LogP contribution is 2.22. The van der Waals surface area contributed by atoms with Gasteiger partial charge in [0.25, 0.3) is 5.91 Å². The molecule has 1 aromatic heterocycles. The number of benzene rings is 1. The molecule has 0 saturated carbocycles. The molecule has 0 atom stereocenters. The van der Waals surface area contributed by atoms with Gasteiger partial charge in [-0.2, -0.15) is 0 Å². The van der Waals surface area contributed by atoms with Crippen molar-refractivity contribution < 1.29 is 14.3 Å². The summed E-state index contributed by atoms with van der Waals surface area (Å²) in [6, 6.07) is 7.76. The Labute approximate surface area is 139 Å². The summed E-state index contributed by atoms with van der Waals surface area (Å²) in [6.45, 7) is 2.46. The van der Waals surface area contributed by atoms with Crippen LogP contribution in [0.2, 0.25) is 0 Å². The number of aromatic nitrogens is 1. The summed E-state index contributed by atoms with van der Waals surface area (Å²) in [5, 5.41) is 3.44.